The number of rotatable bonds is 2. The minimum absolute atomic E-state index is 0.363. The van der Waals surface area contributed by atoms with Crippen molar-refractivity contribution in [1.82, 2.24) is 0 Å². The van der Waals surface area contributed by atoms with Gasteiger partial charge in [-0.15, -0.1) is 0 Å². The summed E-state index contributed by atoms with van der Waals surface area (Å²) >= 11 is 6.61. The summed E-state index contributed by atoms with van der Waals surface area (Å²) in [7, 11) is -3.28. The second-order valence-electron chi connectivity index (χ2n) is 3.72. The highest BCUT2D eigenvalue weighted by Gasteiger charge is 2.25. The van der Waals surface area contributed by atoms with E-state index in [1.807, 2.05) is 6.08 Å². The monoisotopic (exact) mass is 376 g/mol. The topological polar surface area (TPSA) is 34.1 Å². The van der Waals surface area contributed by atoms with Crippen molar-refractivity contribution in [3.05, 3.63) is 51.4 Å². The minimum Gasteiger partial charge on any atom is -0.223 e. The van der Waals surface area contributed by atoms with Gasteiger partial charge >= 0.3 is 0 Å². The van der Waals surface area contributed by atoms with E-state index in [4.69, 9.17) is 0 Å². The Morgan fingerprint density at radius 3 is 2.29 bits per heavy atom. The zero-order valence-corrected chi connectivity index (χ0v) is 12.8. The first-order valence-corrected chi connectivity index (χ1v) is 8.17. The van der Waals surface area contributed by atoms with Crippen LogP contribution in [0, 0.1) is 0 Å². The van der Waals surface area contributed by atoms with E-state index in [1.165, 1.54) is 0 Å². The normalized spacial score (nSPS) is 20.1. The van der Waals surface area contributed by atoms with E-state index in [0.29, 0.717) is 11.3 Å². The summed E-state index contributed by atoms with van der Waals surface area (Å²) in [5.41, 5.74) is 0. The van der Waals surface area contributed by atoms with Crippen LogP contribution in [-0.2, 0) is 9.84 Å². The van der Waals surface area contributed by atoms with Crippen LogP contribution in [0.4, 0.5) is 0 Å². The predicted octanol–water partition coefficient (Wildman–Crippen LogP) is 3.83. The van der Waals surface area contributed by atoms with Crippen LogP contribution in [0.3, 0.4) is 0 Å². The number of benzene rings is 1. The fourth-order valence-corrected chi connectivity index (χ4v) is 3.71. The maximum absolute atomic E-state index is 12.3. The summed E-state index contributed by atoms with van der Waals surface area (Å²) in [4.78, 5) is 0.363. The maximum atomic E-state index is 12.3. The van der Waals surface area contributed by atoms with Crippen LogP contribution < -0.4 is 0 Å². The van der Waals surface area contributed by atoms with E-state index in [-0.39, 0.29) is 0 Å². The third kappa shape index (κ3) is 2.89. The number of hydrogen-bond donors (Lipinski definition) is 0. The van der Waals surface area contributed by atoms with Gasteiger partial charge < -0.3 is 0 Å². The fraction of sp³-hybridized carbons (Fsp3) is 0.167. The Kier molecular flexibility index (Phi) is 3.90. The van der Waals surface area contributed by atoms with Crippen molar-refractivity contribution in [2.45, 2.75) is 16.6 Å². The molecule has 0 spiro atoms. The molecule has 1 aliphatic rings. The van der Waals surface area contributed by atoms with Gasteiger partial charge in [0.25, 0.3) is 0 Å². The fourth-order valence-electron chi connectivity index (χ4n) is 1.60. The Hall–Kier alpha value is -0.390. The average molecular weight is 378 g/mol. The zero-order chi connectivity index (χ0) is 12.5. The molecule has 0 aromatic heterocycles. The molecule has 5 heteroatoms. The maximum Gasteiger partial charge on any atom is 0.185 e. The smallest absolute Gasteiger partial charge is 0.185 e. The molecule has 1 aromatic rings. The zero-order valence-electron chi connectivity index (χ0n) is 8.81. The van der Waals surface area contributed by atoms with Gasteiger partial charge in [-0.1, -0.05) is 50.1 Å². The third-order valence-electron chi connectivity index (χ3n) is 2.56. The van der Waals surface area contributed by atoms with Crippen LogP contribution in [-0.4, -0.2) is 13.7 Å². The first-order valence-electron chi connectivity index (χ1n) is 5.03. The SMILES string of the molecule is O=S(=O)(c1ccc(Br)cc1)C1C=CC(Br)=CC1. The number of hydrogen-bond acceptors (Lipinski definition) is 2. The molecule has 1 aliphatic carbocycles. The molecule has 0 bridgehead atoms. The van der Waals surface area contributed by atoms with Gasteiger partial charge in [0.05, 0.1) is 10.1 Å². The van der Waals surface area contributed by atoms with Gasteiger partial charge in [0.2, 0.25) is 0 Å². The summed E-state index contributed by atoms with van der Waals surface area (Å²) in [6.07, 6.45) is 5.89. The number of halogens is 2. The lowest BCUT2D eigenvalue weighted by Crippen LogP contribution is -2.20. The van der Waals surface area contributed by atoms with E-state index >= 15 is 0 Å². The van der Waals surface area contributed by atoms with Gasteiger partial charge in [0.15, 0.2) is 9.84 Å². The molecular weight excluding hydrogens is 368 g/mol. The first-order chi connectivity index (χ1) is 8.00. The molecule has 0 heterocycles. The molecule has 0 aliphatic heterocycles. The van der Waals surface area contributed by atoms with Crippen molar-refractivity contribution in [2.24, 2.45) is 0 Å². The van der Waals surface area contributed by atoms with Crippen LogP contribution in [0.2, 0.25) is 0 Å². The van der Waals surface area contributed by atoms with Gasteiger partial charge in [-0.3, -0.25) is 0 Å². The van der Waals surface area contributed by atoms with Crippen LogP contribution in [0.15, 0.2) is 56.3 Å². The van der Waals surface area contributed by atoms with Crippen molar-refractivity contribution in [1.29, 1.82) is 0 Å². The Bertz CT molecular complexity index is 571. The molecule has 0 saturated heterocycles. The largest absolute Gasteiger partial charge is 0.223 e. The highest BCUT2D eigenvalue weighted by molar-refractivity contribution is 9.12. The van der Waals surface area contributed by atoms with E-state index in [0.717, 1.165) is 8.96 Å². The van der Waals surface area contributed by atoms with Crippen LogP contribution >= 0.6 is 31.9 Å². The molecule has 17 heavy (non-hydrogen) atoms. The van der Waals surface area contributed by atoms with Crippen molar-refractivity contribution in [3.63, 3.8) is 0 Å². The van der Waals surface area contributed by atoms with E-state index in [2.05, 4.69) is 31.9 Å². The van der Waals surface area contributed by atoms with Gasteiger partial charge in [-0.2, -0.15) is 0 Å². The number of sulfone groups is 1. The van der Waals surface area contributed by atoms with Crippen molar-refractivity contribution >= 4 is 41.7 Å². The van der Waals surface area contributed by atoms with Crippen LogP contribution in [0.5, 0.6) is 0 Å². The highest BCUT2D eigenvalue weighted by atomic mass is 79.9. The summed E-state index contributed by atoms with van der Waals surface area (Å²) < 4.78 is 26.4. The Morgan fingerprint density at radius 2 is 1.76 bits per heavy atom. The highest BCUT2D eigenvalue weighted by Crippen LogP contribution is 2.26. The van der Waals surface area contributed by atoms with Gasteiger partial charge in [0, 0.05) is 8.96 Å². The van der Waals surface area contributed by atoms with Gasteiger partial charge in [-0.05, 0) is 30.7 Å². The summed E-state index contributed by atoms with van der Waals surface area (Å²) in [6.45, 7) is 0. The lowest BCUT2D eigenvalue weighted by Gasteiger charge is -2.15. The second kappa shape index (κ2) is 5.08. The van der Waals surface area contributed by atoms with Crippen LogP contribution in [0.25, 0.3) is 0 Å². The molecule has 0 amide bonds. The van der Waals surface area contributed by atoms with Gasteiger partial charge in [-0.25, -0.2) is 8.42 Å². The molecule has 0 saturated carbocycles. The minimum atomic E-state index is -3.28. The summed E-state index contributed by atoms with van der Waals surface area (Å²) in [5.74, 6) is 0. The quantitative estimate of drug-likeness (QED) is 0.784. The van der Waals surface area contributed by atoms with E-state index < -0.39 is 15.1 Å². The molecule has 1 atom stereocenters. The molecular formula is C12H10Br2O2S. The number of allylic oxidation sites excluding steroid dienone is 3. The Labute approximate surface area is 118 Å². The summed E-state index contributed by atoms with van der Waals surface area (Å²) in [6, 6.07) is 6.73. The molecule has 0 radical (unpaired) electrons. The predicted molar refractivity (Wildman–Crippen MR) is 75.9 cm³/mol. The third-order valence-corrected chi connectivity index (χ3v) is 5.75. The van der Waals surface area contributed by atoms with Crippen molar-refractivity contribution in [3.8, 4) is 0 Å². The Morgan fingerprint density at radius 1 is 1.12 bits per heavy atom. The average Bonchev–Trinajstić information content (AvgIpc) is 2.30. The molecule has 0 fully saturated rings. The van der Waals surface area contributed by atoms with Crippen molar-refractivity contribution in [2.75, 3.05) is 0 Å². The molecule has 0 N–H and O–H groups in total. The van der Waals surface area contributed by atoms with E-state index in [1.54, 1.807) is 36.4 Å². The van der Waals surface area contributed by atoms with Crippen molar-refractivity contribution < 1.29 is 8.42 Å². The molecule has 2 rings (SSSR count). The van der Waals surface area contributed by atoms with Gasteiger partial charge in [0.1, 0.15) is 0 Å². The molecule has 1 unspecified atom stereocenters. The standard InChI is InChI=1S/C12H10Br2O2S/c13-9-1-5-11(6-2-9)17(15,16)12-7-3-10(14)4-8-12/h1-7,12H,8H2. The first kappa shape index (κ1) is 13.1. The van der Waals surface area contributed by atoms with E-state index in [9.17, 15) is 8.42 Å². The Balaban J connectivity index is 2.32. The van der Waals surface area contributed by atoms with Crippen LogP contribution in [0.1, 0.15) is 6.42 Å². The lowest BCUT2D eigenvalue weighted by molar-refractivity contribution is 0.588. The summed E-state index contributed by atoms with van der Waals surface area (Å²) in [5, 5.41) is -0.468. The molecule has 1 aromatic carbocycles. The second-order valence-corrected chi connectivity index (χ2v) is 7.72. The lowest BCUT2D eigenvalue weighted by atomic mass is 10.2. The molecule has 90 valence electrons. The molecule has 2 nitrogen and oxygen atoms in total.